The lowest BCUT2D eigenvalue weighted by atomic mass is 10.0. The van der Waals surface area contributed by atoms with E-state index in [1.807, 2.05) is 6.92 Å². The molecule has 0 saturated carbocycles. The third kappa shape index (κ3) is 5.95. The summed E-state index contributed by atoms with van der Waals surface area (Å²) in [5, 5.41) is 0. The van der Waals surface area contributed by atoms with E-state index in [1.165, 1.54) is 0 Å². The van der Waals surface area contributed by atoms with Crippen molar-refractivity contribution in [2.24, 2.45) is 0 Å². The Morgan fingerprint density at radius 1 is 1.17 bits per heavy atom. The number of aryl methyl sites for hydroxylation is 2. The number of sulfonamides is 1. The van der Waals surface area contributed by atoms with Crippen molar-refractivity contribution in [1.29, 1.82) is 0 Å². The molecule has 2 unspecified atom stereocenters. The fourth-order valence-electron chi connectivity index (χ4n) is 4.04. The van der Waals surface area contributed by atoms with Crippen LogP contribution in [0.2, 0.25) is 0 Å². The van der Waals surface area contributed by atoms with E-state index in [-0.39, 0.29) is 25.3 Å². The van der Waals surface area contributed by atoms with E-state index >= 15 is 0 Å². The van der Waals surface area contributed by atoms with Gasteiger partial charge in [0.05, 0.1) is 18.6 Å². The number of esters is 1. The Balaban J connectivity index is 2.22. The molecule has 0 aliphatic carbocycles. The monoisotopic (exact) mass is 441 g/mol. The Morgan fingerprint density at radius 3 is 2.30 bits per heavy atom. The van der Waals surface area contributed by atoms with E-state index in [0.717, 1.165) is 12.8 Å². The van der Waals surface area contributed by atoms with Crippen LogP contribution in [0, 0.1) is 13.8 Å². The minimum atomic E-state index is -3.74. The molecule has 8 heteroatoms. The Morgan fingerprint density at radius 2 is 1.77 bits per heavy atom. The van der Waals surface area contributed by atoms with E-state index in [2.05, 4.69) is 0 Å². The van der Waals surface area contributed by atoms with Crippen molar-refractivity contribution in [2.75, 3.05) is 20.3 Å². The fourth-order valence-corrected chi connectivity index (χ4v) is 6.32. The van der Waals surface area contributed by atoms with Crippen LogP contribution < -0.4 is 4.74 Å². The maximum absolute atomic E-state index is 13.7. The van der Waals surface area contributed by atoms with Crippen molar-refractivity contribution in [3.63, 3.8) is 0 Å². The average molecular weight is 442 g/mol. The highest BCUT2D eigenvalue weighted by molar-refractivity contribution is 7.89. The summed E-state index contributed by atoms with van der Waals surface area (Å²) in [6.07, 6.45) is 2.39. The number of ether oxygens (including phenoxy) is 3. The first-order valence-corrected chi connectivity index (χ1v) is 11.8. The van der Waals surface area contributed by atoms with Crippen molar-refractivity contribution in [3.8, 4) is 5.75 Å². The Labute approximate surface area is 180 Å². The van der Waals surface area contributed by atoms with Gasteiger partial charge in [-0.25, -0.2) is 13.2 Å². The highest BCUT2D eigenvalue weighted by atomic mass is 32.2. The highest BCUT2D eigenvalue weighted by Gasteiger charge is 2.39. The lowest BCUT2D eigenvalue weighted by molar-refractivity contribution is -0.160. The lowest BCUT2D eigenvalue weighted by Gasteiger charge is -2.39. The molecule has 0 radical (unpaired) electrons. The standard InChI is InChI=1S/C22H35NO6S/c1-15-11-19(27-7)12-16(2)21(15)30(25,26)23-17(3)9-8-10-18(23)13-28-14-20(24)29-22(4,5)6/h11-12,17-18H,8-10,13-14H2,1-7H3. The van der Waals surface area contributed by atoms with Gasteiger partial charge in [-0.2, -0.15) is 4.31 Å². The van der Waals surface area contributed by atoms with Gasteiger partial charge >= 0.3 is 5.97 Å². The topological polar surface area (TPSA) is 82.1 Å². The summed E-state index contributed by atoms with van der Waals surface area (Å²) >= 11 is 0. The summed E-state index contributed by atoms with van der Waals surface area (Å²) in [4.78, 5) is 12.2. The van der Waals surface area contributed by atoms with Crippen LogP contribution in [0.15, 0.2) is 17.0 Å². The minimum Gasteiger partial charge on any atom is -0.497 e. The summed E-state index contributed by atoms with van der Waals surface area (Å²) in [6, 6.07) is 2.99. The molecule has 1 aliphatic rings. The van der Waals surface area contributed by atoms with Crippen molar-refractivity contribution in [3.05, 3.63) is 23.3 Å². The summed E-state index contributed by atoms with van der Waals surface area (Å²) < 4.78 is 45.0. The molecule has 1 saturated heterocycles. The predicted molar refractivity (Wildman–Crippen MR) is 115 cm³/mol. The Bertz CT molecular complexity index is 836. The third-order valence-electron chi connectivity index (χ3n) is 5.11. The molecule has 0 N–H and O–H groups in total. The molecule has 0 spiro atoms. The van der Waals surface area contributed by atoms with Crippen LogP contribution in [-0.4, -0.2) is 56.7 Å². The molecule has 2 rings (SSSR count). The van der Waals surface area contributed by atoms with Crippen LogP contribution in [0.25, 0.3) is 0 Å². The van der Waals surface area contributed by atoms with Crippen molar-refractivity contribution in [1.82, 2.24) is 4.31 Å². The Hall–Kier alpha value is -1.64. The number of piperidine rings is 1. The second kappa shape index (κ2) is 9.66. The molecule has 1 fully saturated rings. The smallest absolute Gasteiger partial charge is 0.332 e. The summed E-state index contributed by atoms with van der Waals surface area (Å²) in [6.45, 7) is 10.8. The van der Waals surface area contributed by atoms with Crippen LogP contribution in [0.4, 0.5) is 0 Å². The molecule has 1 aliphatic heterocycles. The molecule has 170 valence electrons. The first-order chi connectivity index (χ1) is 13.9. The van der Waals surface area contributed by atoms with Gasteiger partial charge in [0, 0.05) is 12.1 Å². The first kappa shape index (κ1) is 24.6. The number of hydrogen-bond acceptors (Lipinski definition) is 6. The number of carbonyl (C=O) groups excluding carboxylic acids is 1. The molecule has 1 aromatic carbocycles. The van der Waals surface area contributed by atoms with Crippen molar-refractivity contribution in [2.45, 2.75) is 83.4 Å². The van der Waals surface area contributed by atoms with Gasteiger partial charge in [-0.1, -0.05) is 6.42 Å². The summed E-state index contributed by atoms with van der Waals surface area (Å²) in [7, 11) is -2.18. The molecule has 2 atom stereocenters. The van der Waals surface area contributed by atoms with Crippen molar-refractivity contribution < 1.29 is 27.4 Å². The zero-order valence-electron chi connectivity index (χ0n) is 19.1. The molecule has 0 aromatic heterocycles. The molecule has 1 aromatic rings. The maximum Gasteiger partial charge on any atom is 0.332 e. The van der Waals surface area contributed by atoms with Gasteiger partial charge < -0.3 is 14.2 Å². The molecule has 30 heavy (non-hydrogen) atoms. The van der Waals surface area contributed by atoms with Crippen LogP contribution in [0.1, 0.15) is 58.1 Å². The van der Waals surface area contributed by atoms with E-state index in [1.54, 1.807) is 58.2 Å². The Kier molecular flexibility index (Phi) is 7.93. The molecule has 0 bridgehead atoms. The van der Waals surface area contributed by atoms with E-state index in [9.17, 15) is 13.2 Å². The number of rotatable bonds is 7. The fraction of sp³-hybridized carbons (Fsp3) is 0.682. The average Bonchev–Trinajstić information content (AvgIpc) is 2.58. The number of benzene rings is 1. The number of hydrogen-bond donors (Lipinski definition) is 0. The summed E-state index contributed by atoms with van der Waals surface area (Å²) in [5.74, 6) is 0.176. The van der Waals surface area contributed by atoms with Gasteiger partial charge in [-0.05, 0) is 77.6 Å². The zero-order chi connectivity index (χ0) is 22.7. The number of nitrogens with zero attached hydrogens (tertiary/aromatic N) is 1. The van der Waals surface area contributed by atoms with E-state index in [4.69, 9.17) is 14.2 Å². The van der Waals surface area contributed by atoms with Crippen LogP contribution >= 0.6 is 0 Å². The normalized spacial score (nSPS) is 20.8. The predicted octanol–water partition coefficient (Wildman–Crippen LogP) is 3.60. The number of methoxy groups -OCH3 is 1. The summed E-state index contributed by atoms with van der Waals surface area (Å²) in [5.41, 5.74) is 0.717. The molecule has 0 amide bonds. The van der Waals surface area contributed by atoms with Crippen molar-refractivity contribution >= 4 is 16.0 Å². The van der Waals surface area contributed by atoms with Crippen LogP contribution in [0.5, 0.6) is 5.75 Å². The van der Waals surface area contributed by atoms with Gasteiger partial charge in [0.15, 0.2) is 0 Å². The molecule has 7 nitrogen and oxygen atoms in total. The maximum atomic E-state index is 13.7. The van der Waals surface area contributed by atoms with Crippen LogP contribution in [-0.2, 0) is 24.3 Å². The number of carbonyl (C=O) groups is 1. The van der Waals surface area contributed by atoms with Gasteiger partial charge in [0.25, 0.3) is 0 Å². The molecule has 1 heterocycles. The highest BCUT2D eigenvalue weighted by Crippen LogP contribution is 2.34. The lowest BCUT2D eigenvalue weighted by Crippen LogP contribution is -2.51. The second-order valence-corrected chi connectivity index (χ2v) is 10.7. The van der Waals surface area contributed by atoms with E-state index < -0.39 is 21.6 Å². The van der Waals surface area contributed by atoms with Gasteiger partial charge in [0.1, 0.15) is 18.0 Å². The largest absolute Gasteiger partial charge is 0.497 e. The van der Waals surface area contributed by atoms with Gasteiger partial charge in [-0.15, -0.1) is 0 Å². The molecular weight excluding hydrogens is 406 g/mol. The zero-order valence-corrected chi connectivity index (χ0v) is 20.0. The van der Waals surface area contributed by atoms with Gasteiger partial charge in [0.2, 0.25) is 10.0 Å². The SMILES string of the molecule is COc1cc(C)c(S(=O)(=O)N2C(C)CCCC2COCC(=O)OC(C)(C)C)c(C)c1. The molecular formula is C22H35NO6S. The second-order valence-electron chi connectivity index (χ2n) is 8.96. The van der Waals surface area contributed by atoms with E-state index in [0.29, 0.717) is 28.2 Å². The minimum absolute atomic E-state index is 0.150. The quantitative estimate of drug-likeness (QED) is 0.601. The first-order valence-electron chi connectivity index (χ1n) is 10.3. The van der Waals surface area contributed by atoms with Crippen LogP contribution in [0.3, 0.4) is 0 Å². The van der Waals surface area contributed by atoms with Gasteiger partial charge in [-0.3, -0.25) is 0 Å². The third-order valence-corrected chi connectivity index (χ3v) is 7.48.